The molecule has 0 radical (unpaired) electrons. The van der Waals surface area contributed by atoms with E-state index < -0.39 is 29.1 Å². The largest absolute Gasteiger partial charge is 0.481 e. The third-order valence-electron chi connectivity index (χ3n) is 5.58. The van der Waals surface area contributed by atoms with Crippen molar-refractivity contribution in [2.45, 2.75) is 43.2 Å². The number of carboxylic acid groups (broad SMARTS) is 1. The van der Waals surface area contributed by atoms with Gasteiger partial charge in [-0.1, -0.05) is 6.07 Å². The van der Waals surface area contributed by atoms with Crippen molar-refractivity contribution >= 4 is 11.9 Å². The Kier molecular flexibility index (Phi) is 5.76. The van der Waals surface area contributed by atoms with E-state index in [9.17, 15) is 23.5 Å². The summed E-state index contributed by atoms with van der Waals surface area (Å²) in [4.78, 5) is 26.3. The molecule has 8 heteroatoms. The summed E-state index contributed by atoms with van der Waals surface area (Å²) >= 11 is 0. The van der Waals surface area contributed by atoms with Crippen LogP contribution in [-0.2, 0) is 24.5 Å². The zero-order valence-corrected chi connectivity index (χ0v) is 15.1. The highest BCUT2D eigenvalue weighted by Crippen LogP contribution is 2.40. The average molecular weight is 383 g/mol. The Morgan fingerprint density at radius 1 is 1.33 bits per heavy atom. The molecule has 0 aromatic heterocycles. The Labute approximate surface area is 156 Å². The maximum atomic E-state index is 14.6. The van der Waals surface area contributed by atoms with Crippen molar-refractivity contribution in [2.75, 3.05) is 26.9 Å². The van der Waals surface area contributed by atoms with Crippen molar-refractivity contribution in [1.29, 1.82) is 0 Å². The second kappa shape index (κ2) is 7.90. The van der Waals surface area contributed by atoms with E-state index in [0.29, 0.717) is 6.42 Å². The van der Waals surface area contributed by atoms with Gasteiger partial charge in [0.25, 0.3) is 0 Å². The lowest BCUT2D eigenvalue weighted by Crippen LogP contribution is -2.52. The van der Waals surface area contributed by atoms with Crippen LogP contribution in [0.25, 0.3) is 0 Å². The van der Waals surface area contributed by atoms with Crippen LogP contribution in [0.3, 0.4) is 0 Å². The number of carboxylic acids is 1. The third-order valence-corrected chi connectivity index (χ3v) is 5.58. The fourth-order valence-corrected chi connectivity index (χ4v) is 4.16. The first-order chi connectivity index (χ1) is 12.9. The second-order valence-electron chi connectivity index (χ2n) is 7.12. The number of aliphatic carboxylic acids is 1. The minimum Gasteiger partial charge on any atom is -0.481 e. The number of hydrogen-bond acceptors (Lipinski definition) is 4. The van der Waals surface area contributed by atoms with Gasteiger partial charge in [0, 0.05) is 44.5 Å². The van der Waals surface area contributed by atoms with Gasteiger partial charge in [-0.2, -0.15) is 0 Å². The Bertz CT molecular complexity index is 720. The zero-order chi connectivity index (χ0) is 19.6. The van der Waals surface area contributed by atoms with Crippen LogP contribution in [0.5, 0.6) is 0 Å². The molecule has 1 aromatic carbocycles. The highest BCUT2D eigenvalue weighted by Gasteiger charge is 2.49. The number of hydrogen-bond donors (Lipinski definition) is 1. The van der Waals surface area contributed by atoms with Crippen LogP contribution >= 0.6 is 0 Å². The molecule has 2 fully saturated rings. The first-order valence-electron chi connectivity index (χ1n) is 8.96. The van der Waals surface area contributed by atoms with Crippen molar-refractivity contribution < 1.29 is 33.0 Å². The molecule has 148 valence electrons. The van der Waals surface area contributed by atoms with Gasteiger partial charge >= 0.3 is 5.97 Å². The Hall–Kier alpha value is -2.06. The van der Waals surface area contributed by atoms with Crippen molar-refractivity contribution in [3.8, 4) is 0 Å². The monoisotopic (exact) mass is 383 g/mol. The van der Waals surface area contributed by atoms with E-state index in [4.69, 9.17) is 9.47 Å². The topological polar surface area (TPSA) is 76.1 Å². The minimum atomic E-state index is -1.20. The molecule has 2 atom stereocenters. The maximum absolute atomic E-state index is 14.6. The molecule has 0 bridgehead atoms. The Balaban J connectivity index is 1.99. The smallest absolute Gasteiger partial charge is 0.305 e. The highest BCUT2D eigenvalue weighted by molar-refractivity contribution is 5.89. The van der Waals surface area contributed by atoms with Gasteiger partial charge in [-0.3, -0.25) is 9.59 Å². The van der Waals surface area contributed by atoms with Gasteiger partial charge in [-0.05, 0) is 25.3 Å². The predicted molar refractivity (Wildman–Crippen MR) is 91.3 cm³/mol. The molecule has 2 saturated heterocycles. The summed E-state index contributed by atoms with van der Waals surface area (Å²) in [7, 11) is 1.51. The summed E-state index contributed by atoms with van der Waals surface area (Å²) in [6.07, 6.45) is 0.440. The summed E-state index contributed by atoms with van der Waals surface area (Å²) in [5.41, 5.74) is -1.07. The SMILES string of the molecule is COC1CC(CC(=O)O)N(C(=O)C2(c3ccc(F)cc3F)CCOCC2)C1. The van der Waals surface area contributed by atoms with E-state index in [2.05, 4.69) is 0 Å². The second-order valence-corrected chi connectivity index (χ2v) is 7.12. The quantitative estimate of drug-likeness (QED) is 0.843. The highest BCUT2D eigenvalue weighted by atomic mass is 19.1. The van der Waals surface area contributed by atoms with Gasteiger partial charge in [0.15, 0.2) is 0 Å². The number of nitrogens with zero attached hydrogens (tertiary/aromatic N) is 1. The molecule has 2 aliphatic rings. The number of amides is 1. The molecule has 0 spiro atoms. The van der Waals surface area contributed by atoms with Crippen LogP contribution in [0.1, 0.15) is 31.2 Å². The van der Waals surface area contributed by atoms with Gasteiger partial charge < -0.3 is 19.5 Å². The third kappa shape index (κ3) is 3.82. The molecule has 1 aromatic rings. The normalized spacial score (nSPS) is 24.8. The lowest BCUT2D eigenvalue weighted by Gasteiger charge is -2.40. The molecular formula is C19H23F2NO5. The molecule has 6 nitrogen and oxygen atoms in total. The first kappa shape index (κ1) is 19.7. The summed E-state index contributed by atoms with van der Waals surface area (Å²) in [5, 5.41) is 9.20. The molecule has 0 aliphatic carbocycles. The lowest BCUT2D eigenvalue weighted by atomic mass is 9.72. The Morgan fingerprint density at radius 2 is 2.04 bits per heavy atom. The number of methoxy groups -OCH3 is 1. The number of ether oxygens (including phenoxy) is 2. The number of likely N-dealkylation sites (tertiary alicyclic amines) is 1. The van der Waals surface area contributed by atoms with E-state index >= 15 is 0 Å². The van der Waals surface area contributed by atoms with Crippen LogP contribution in [-0.4, -0.2) is 60.9 Å². The van der Waals surface area contributed by atoms with E-state index in [1.54, 1.807) is 0 Å². The summed E-state index contributed by atoms with van der Waals surface area (Å²) in [6.45, 7) is 0.792. The first-order valence-corrected chi connectivity index (χ1v) is 8.96. The molecular weight excluding hydrogens is 360 g/mol. The minimum absolute atomic E-state index is 0.132. The summed E-state index contributed by atoms with van der Waals surface area (Å²) < 4.78 is 38.7. The van der Waals surface area contributed by atoms with Crippen LogP contribution in [0.15, 0.2) is 18.2 Å². The average Bonchev–Trinajstić information content (AvgIpc) is 3.03. The number of halogens is 2. The van der Waals surface area contributed by atoms with E-state index in [0.717, 1.165) is 12.1 Å². The number of carbonyl (C=O) groups is 2. The van der Waals surface area contributed by atoms with Gasteiger partial charge in [-0.15, -0.1) is 0 Å². The molecule has 27 heavy (non-hydrogen) atoms. The lowest BCUT2D eigenvalue weighted by molar-refractivity contribution is -0.145. The Morgan fingerprint density at radius 3 is 2.63 bits per heavy atom. The molecule has 1 N–H and O–H groups in total. The van der Waals surface area contributed by atoms with Gasteiger partial charge in [0.05, 0.1) is 17.9 Å². The van der Waals surface area contributed by atoms with Gasteiger partial charge in [-0.25, -0.2) is 8.78 Å². The van der Waals surface area contributed by atoms with E-state index in [-0.39, 0.29) is 56.6 Å². The van der Waals surface area contributed by atoms with Crippen LogP contribution in [0, 0.1) is 11.6 Å². The van der Waals surface area contributed by atoms with Crippen LogP contribution < -0.4 is 0 Å². The van der Waals surface area contributed by atoms with E-state index in [1.807, 2.05) is 0 Å². The molecule has 2 heterocycles. The molecule has 2 unspecified atom stereocenters. The van der Waals surface area contributed by atoms with E-state index in [1.165, 1.54) is 18.1 Å². The van der Waals surface area contributed by atoms with Gasteiger partial charge in [0.2, 0.25) is 5.91 Å². The molecule has 1 amide bonds. The fraction of sp³-hybridized carbons (Fsp3) is 0.579. The van der Waals surface area contributed by atoms with Crippen molar-refractivity contribution in [2.24, 2.45) is 0 Å². The van der Waals surface area contributed by atoms with Crippen molar-refractivity contribution in [3.05, 3.63) is 35.4 Å². The van der Waals surface area contributed by atoms with Gasteiger partial charge in [0.1, 0.15) is 11.6 Å². The molecule has 0 saturated carbocycles. The molecule has 2 aliphatic heterocycles. The zero-order valence-electron chi connectivity index (χ0n) is 15.1. The number of carbonyl (C=O) groups excluding carboxylic acids is 1. The standard InChI is InChI=1S/C19H23F2NO5/c1-26-14-9-13(10-17(23)24)22(11-14)18(25)19(4-6-27-7-5-19)15-3-2-12(20)8-16(15)21/h2-3,8,13-14H,4-7,9-11H2,1H3,(H,23,24). The number of rotatable bonds is 5. The van der Waals surface area contributed by atoms with Crippen molar-refractivity contribution in [1.82, 2.24) is 4.90 Å². The maximum Gasteiger partial charge on any atom is 0.305 e. The summed E-state index contributed by atoms with van der Waals surface area (Å²) in [6, 6.07) is 2.70. The summed E-state index contributed by atoms with van der Waals surface area (Å²) in [5.74, 6) is -2.84. The number of benzene rings is 1. The van der Waals surface area contributed by atoms with Crippen LogP contribution in [0.2, 0.25) is 0 Å². The fourth-order valence-electron chi connectivity index (χ4n) is 4.16. The van der Waals surface area contributed by atoms with Crippen molar-refractivity contribution in [3.63, 3.8) is 0 Å². The molecule has 3 rings (SSSR count). The van der Waals surface area contributed by atoms with Crippen LogP contribution in [0.4, 0.5) is 8.78 Å². The predicted octanol–water partition coefficient (Wildman–Crippen LogP) is 2.10.